The Kier molecular flexibility index (Phi) is 5.14. The van der Waals surface area contributed by atoms with Crippen LogP contribution in [0.2, 0.25) is 0 Å². The highest BCUT2D eigenvalue weighted by atomic mass is 16.5. The van der Waals surface area contributed by atoms with Gasteiger partial charge < -0.3 is 10.1 Å². The lowest BCUT2D eigenvalue weighted by molar-refractivity contribution is 0.152. The predicted octanol–water partition coefficient (Wildman–Crippen LogP) is 3.03. The van der Waals surface area contributed by atoms with Crippen LogP contribution >= 0.6 is 0 Å². The predicted molar refractivity (Wildman–Crippen MR) is 76.4 cm³/mol. The van der Waals surface area contributed by atoms with E-state index in [1.165, 1.54) is 19.3 Å². The molecule has 0 saturated heterocycles. The first kappa shape index (κ1) is 14.3. The fourth-order valence-electron chi connectivity index (χ4n) is 2.45. The largest absolute Gasteiger partial charge is 0.487 e. The first-order valence-electron chi connectivity index (χ1n) is 7.37. The standard InChI is InChI=1S/C15H25N3O/c1-11(2)15-17-10-14(13(18-15)9-16-3)19-12-7-5-4-6-8-12/h10-12,16H,4-9H2,1-3H3. The summed E-state index contributed by atoms with van der Waals surface area (Å²) < 4.78 is 6.11. The third kappa shape index (κ3) is 3.90. The van der Waals surface area contributed by atoms with Gasteiger partial charge in [-0.1, -0.05) is 20.3 Å². The molecule has 1 saturated carbocycles. The minimum Gasteiger partial charge on any atom is -0.487 e. The van der Waals surface area contributed by atoms with Crippen LogP contribution < -0.4 is 10.1 Å². The molecule has 106 valence electrons. The number of hydrogen-bond donors (Lipinski definition) is 1. The molecule has 0 spiro atoms. The fraction of sp³-hybridized carbons (Fsp3) is 0.733. The number of hydrogen-bond acceptors (Lipinski definition) is 4. The molecule has 1 aliphatic rings. The van der Waals surface area contributed by atoms with E-state index in [0.717, 1.165) is 36.7 Å². The number of nitrogens with zero attached hydrogens (tertiary/aromatic N) is 2. The van der Waals surface area contributed by atoms with Crippen molar-refractivity contribution >= 4 is 0 Å². The van der Waals surface area contributed by atoms with E-state index in [1.54, 1.807) is 0 Å². The molecule has 1 heterocycles. The van der Waals surface area contributed by atoms with E-state index in [1.807, 2.05) is 13.2 Å². The SMILES string of the molecule is CNCc1nc(C(C)C)ncc1OC1CCCCC1. The van der Waals surface area contributed by atoms with Gasteiger partial charge >= 0.3 is 0 Å². The molecule has 0 bridgehead atoms. The second-order valence-electron chi connectivity index (χ2n) is 5.60. The van der Waals surface area contributed by atoms with E-state index in [0.29, 0.717) is 12.0 Å². The van der Waals surface area contributed by atoms with Crippen molar-refractivity contribution in [1.82, 2.24) is 15.3 Å². The molecule has 1 aromatic rings. The van der Waals surface area contributed by atoms with Crippen molar-refractivity contribution in [2.45, 2.75) is 64.5 Å². The lowest BCUT2D eigenvalue weighted by atomic mass is 9.98. The van der Waals surface area contributed by atoms with Gasteiger partial charge in [-0.3, -0.25) is 0 Å². The summed E-state index contributed by atoms with van der Waals surface area (Å²) in [4.78, 5) is 9.05. The second kappa shape index (κ2) is 6.85. The monoisotopic (exact) mass is 263 g/mol. The molecule has 0 amide bonds. The van der Waals surface area contributed by atoms with Gasteiger partial charge in [0.25, 0.3) is 0 Å². The van der Waals surface area contributed by atoms with Gasteiger partial charge in [0.1, 0.15) is 5.82 Å². The van der Waals surface area contributed by atoms with Gasteiger partial charge in [0, 0.05) is 12.5 Å². The number of rotatable bonds is 5. The van der Waals surface area contributed by atoms with Crippen LogP contribution in [-0.2, 0) is 6.54 Å². The summed E-state index contributed by atoms with van der Waals surface area (Å²) in [7, 11) is 1.93. The van der Waals surface area contributed by atoms with E-state index in [2.05, 4.69) is 29.1 Å². The zero-order chi connectivity index (χ0) is 13.7. The van der Waals surface area contributed by atoms with Gasteiger partial charge in [-0.05, 0) is 32.7 Å². The quantitative estimate of drug-likeness (QED) is 0.887. The van der Waals surface area contributed by atoms with E-state index >= 15 is 0 Å². The van der Waals surface area contributed by atoms with Crippen LogP contribution in [0.3, 0.4) is 0 Å². The molecule has 1 N–H and O–H groups in total. The molecule has 0 atom stereocenters. The summed E-state index contributed by atoms with van der Waals surface area (Å²) in [5.41, 5.74) is 0.978. The lowest BCUT2D eigenvalue weighted by Gasteiger charge is -2.24. The second-order valence-corrected chi connectivity index (χ2v) is 5.60. The molecule has 0 radical (unpaired) electrons. The molecule has 0 unspecified atom stereocenters. The van der Waals surface area contributed by atoms with Gasteiger partial charge in [0.15, 0.2) is 5.75 Å². The molecule has 4 heteroatoms. The molecule has 0 aromatic carbocycles. The summed E-state index contributed by atoms with van der Waals surface area (Å²) in [5.74, 6) is 2.09. The highest BCUT2D eigenvalue weighted by molar-refractivity contribution is 5.25. The van der Waals surface area contributed by atoms with Crippen LogP contribution in [0.5, 0.6) is 5.75 Å². The third-order valence-electron chi connectivity index (χ3n) is 3.55. The number of nitrogens with one attached hydrogen (secondary N) is 1. The van der Waals surface area contributed by atoms with E-state index in [4.69, 9.17) is 4.74 Å². The minimum atomic E-state index is 0.345. The Morgan fingerprint density at radius 3 is 2.68 bits per heavy atom. The Labute approximate surface area is 116 Å². The third-order valence-corrected chi connectivity index (χ3v) is 3.55. The Bertz CT molecular complexity index is 400. The normalized spacial score (nSPS) is 16.8. The van der Waals surface area contributed by atoms with Crippen molar-refractivity contribution in [3.8, 4) is 5.75 Å². The number of aromatic nitrogens is 2. The van der Waals surface area contributed by atoms with Gasteiger partial charge in [0.2, 0.25) is 0 Å². The Morgan fingerprint density at radius 1 is 1.32 bits per heavy atom. The van der Waals surface area contributed by atoms with Crippen molar-refractivity contribution in [2.75, 3.05) is 7.05 Å². The summed E-state index contributed by atoms with van der Waals surface area (Å²) in [6.45, 7) is 4.95. The highest BCUT2D eigenvalue weighted by Crippen LogP contribution is 2.25. The molecule has 4 nitrogen and oxygen atoms in total. The van der Waals surface area contributed by atoms with Crippen molar-refractivity contribution in [2.24, 2.45) is 0 Å². The molecule has 1 fully saturated rings. The lowest BCUT2D eigenvalue weighted by Crippen LogP contribution is -2.22. The molecule has 19 heavy (non-hydrogen) atoms. The maximum atomic E-state index is 6.11. The van der Waals surface area contributed by atoms with Crippen LogP contribution in [0.1, 0.15) is 63.4 Å². The van der Waals surface area contributed by atoms with Gasteiger partial charge in [-0.2, -0.15) is 0 Å². The van der Waals surface area contributed by atoms with E-state index in [-0.39, 0.29) is 0 Å². The number of ether oxygens (including phenoxy) is 1. The van der Waals surface area contributed by atoms with Gasteiger partial charge in [-0.15, -0.1) is 0 Å². The summed E-state index contributed by atoms with van der Waals surface area (Å²) in [5, 5.41) is 3.16. The molecular formula is C15H25N3O. The molecule has 0 aliphatic heterocycles. The van der Waals surface area contributed by atoms with Crippen molar-refractivity contribution in [3.05, 3.63) is 17.7 Å². The average Bonchev–Trinajstić information content (AvgIpc) is 2.42. The molecule has 1 aliphatic carbocycles. The summed E-state index contributed by atoms with van der Waals surface area (Å²) in [6, 6.07) is 0. The maximum absolute atomic E-state index is 6.11. The van der Waals surface area contributed by atoms with Crippen LogP contribution in [0, 0.1) is 0 Å². The molecular weight excluding hydrogens is 238 g/mol. The summed E-state index contributed by atoms with van der Waals surface area (Å²) in [6.07, 6.45) is 8.40. The zero-order valence-electron chi connectivity index (χ0n) is 12.3. The van der Waals surface area contributed by atoms with Crippen LogP contribution in [-0.4, -0.2) is 23.1 Å². The first-order chi connectivity index (χ1) is 9.20. The van der Waals surface area contributed by atoms with E-state index in [9.17, 15) is 0 Å². The van der Waals surface area contributed by atoms with Gasteiger partial charge in [0.05, 0.1) is 18.0 Å². The fourth-order valence-corrected chi connectivity index (χ4v) is 2.45. The maximum Gasteiger partial charge on any atom is 0.160 e. The van der Waals surface area contributed by atoms with Crippen molar-refractivity contribution in [1.29, 1.82) is 0 Å². The Hall–Kier alpha value is -1.16. The van der Waals surface area contributed by atoms with Crippen molar-refractivity contribution < 1.29 is 4.74 Å². The average molecular weight is 263 g/mol. The molecule has 1 aromatic heterocycles. The van der Waals surface area contributed by atoms with Gasteiger partial charge in [-0.25, -0.2) is 9.97 Å². The highest BCUT2D eigenvalue weighted by Gasteiger charge is 2.18. The van der Waals surface area contributed by atoms with Crippen LogP contribution in [0.25, 0.3) is 0 Å². The smallest absolute Gasteiger partial charge is 0.160 e. The Balaban J connectivity index is 2.13. The topological polar surface area (TPSA) is 47.0 Å². The van der Waals surface area contributed by atoms with E-state index < -0.39 is 0 Å². The zero-order valence-corrected chi connectivity index (χ0v) is 12.3. The van der Waals surface area contributed by atoms with Crippen LogP contribution in [0.15, 0.2) is 6.20 Å². The Morgan fingerprint density at radius 2 is 2.05 bits per heavy atom. The molecule has 2 rings (SSSR count). The van der Waals surface area contributed by atoms with Crippen LogP contribution in [0.4, 0.5) is 0 Å². The summed E-state index contributed by atoms with van der Waals surface area (Å²) >= 11 is 0. The minimum absolute atomic E-state index is 0.345. The van der Waals surface area contributed by atoms with Crippen molar-refractivity contribution in [3.63, 3.8) is 0 Å². The first-order valence-corrected chi connectivity index (χ1v) is 7.37.